The van der Waals surface area contributed by atoms with Crippen molar-refractivity contribution in [3.05, 3.63) is 23.2 Å². The molecule has 19 heavy (non-hydrogen) atoms. The van der Waals surface area contributed by atoms with Crippen molar-refractivity contribution in [3.63, 3.8) is 0 Å². The minimum atomic E-state index is -1.63. The van der Waals surface area contributed by atoms with Crippen LogP contribution >= 0.6 is 11.6 Å². The number of rotatable bonds is 5. The zero-order valence-electron chi connectivity index (χ0n) is 11.6. The van der Waals surface area contributed by atoms with Gasteiger partial charge in [-0.15, -0.1) is 5.11 Å². The average molecular weight is 284 g/mol. The number of hydrogen-bond donors (Lipinski definition) is 2. The zero-order valence-corrected chi connectivity index (χ0v) is 12.3. The molecule has 0 aliphatic rings. The number of nitrogens with zero attached hydrogens (tertiary/aromatic N) is 3. The van der Waals surface area contributed by atoms with Crippen LogP contribution in [-0.4, -0.2) is 34.3 Å². The lowest BCUT2D eigenvalue weighted by molar-refractivity contribution is 0.169. The molecule has 0 radical (unpaired) electrons. The Morgan fingerprint density at radius 1 is 1.16 bits per heavy atom. The minimum absolute atomic E-state index is 0.207. The van der Waals surface area contributed by atoms with E-state index in [0.29, 0.717) is 10.7 Å². The van der Waals surface area contributed by atoms with E-state index in [0.717, 1.165) is 0 Å². The highest BCUT2D eigenvalue weighted by atomic mass is 35.5. The molecule has 2 N–H and O–H groups in total. The second-order valence-corrected chi connectivity index (χ2v) is 5.27. The Labute approximate surface area is 119 Å². The van der Waals surface area contributed by atoms with E-state index >= 15 is 0 Å². The fourth-order valence-electron chi connectivity index (χ4n) is 1.73. The molecule has 5 nitrogen and oxygen atoms in total. The SMILES string of the molecule is CC(C)N(N=Nc1ccc(Cl)cc1B(O)O)C(C)C. The highest BCUT2D eigenvalue weighted by Gasteiger charge is 2.17. The molecule has 0 aliphatic carbocycles. The van der Waals surface area contributed by atoms with Crippen LogP contribution in [0.25, 0.3) is 0 Å². The Morgan fingerprint density at radius 3 is 2.21 bits per heavy atom. The fraction of sp³-hybridized carbons (Fsp3) is 0.500. The first-order valence-electron chi connectivity index (χ1n) is 6.18. The monoisotopic (exact) mass is 283 g/mol. The molecule has 0 aromatic heterocycles. The Morgan fingerprint density at radius 2 is 1.74 bits per heavy atom. The molecule has 7 heteroatoms. The lowest BCUT2D eigenvalue weighted by atomic mass is 9.79. The van der Waals surface area contributed by atoms with Crippen molar-refractivity contribution in [3.8, 4) is 0 Å². The molecule has 0 spiro atoms. The van der Waals surface area contributed by atoms with E-state index < -0.39 is 7.12 Å². The van der Waals surface area contributed by atoms with E-state index in [1.165, 1.54) is 6.07 Å². The first-order chi connectivity index (χ1) is 8.82. The molecule has 0 bridgehead atoms. The van der Waals surface area contributed by atoms with Gasteiger partial charge in [0.2, 0.25) is 0 Å². The second-order valence-electron chi connectivity index (χ2n) is 4.83. The minimum Gasteiger partial charge on any atom is -0.423 e. The Bertz CT molecular complexity index is 445. The molecule has 0 aliphatic heterocycles. The quantitative estimate of drug-likeness (QED) is 0.494. The van der Waals surface area contributed by atoms with E-state index in [2.05, 4.69) is 10.3 Å². The fourth-order valence-corrected chi connectivity index (χ4v) is 1.91. The standard InChI is InChI=1S/C12H19BClN3O2/c1-8(2)17(9(3)4)16-15-12-6-5-10(14)7-11(12)13(18)19/h5-9,18-19H,1-4H3. The summed E-state index contributed by atoms with van der Waals surface area (Å²) in [5.41, 5.74) is 0.634. The van der Waals surface area contributed by atoms with Crippen LogP contribution in [0.2, 0.25) is 5.02 Å². The summed E-state index contributed by atoms with van der Waals surface area (Å²) in [5, 5.41) is 29.1. The molecule has 0 amide bonds. The van der Waals surface area contributed by atoms with Crippen LogP contribution in [0.15, 0.2) is 28.5 Å². The highest BCUT2D eigenvalue weighted by Crippen LogP contribution is 2.17. The van der Waals surface area contributed by atoms with Crippen LogP contribution in [0.3, 0.4) is 0 Å². The number of hydrogen-bond acceptors (Lipinski definition) is 4. The maximum atomic E-state index is 9.29. The van der Waals surface area contributed by atoms with E-state index in [1.54, 1.807) is 12.1 Å². The van der Waals surface area contributed by atoms with Crippen molar-refractivity contribution in [1.29, 1.82) is 0 Å². The smallest absolute Gasteiger partial charge is 0.423 e. The van der Waals surface area contributed by atoms with Gasteiger partial charge in [-0.3, -0.25) is 5.01 Å². The molecule has 1 aromatic carbocycles. The molecule has 1 rings (SSSR count). The van der Waals surface area contributed by atoms with Crippen molar-refractivity contribution < 1.29 is 10.0 Å². The lowest BCUT2D eigenvalue weighted by Crippen LogP contribution is -2.32. The number of halogens is 1. The topological polar surface area (TPSA) is 68.4 Å². The average Bonchev–Trinajstić information content (AvgIpc) is 2.29. The Hall–Kier alpha value is -1.11. The first kappa shape index (κ1) is 16.0. The van der Waals surface area contributed by atoms with Gasteiger partial charge in [0.25, 0.3) is 0 Å². The molecule has 104 valence electrons. The third-order valence-corrected chi connectivity index (χ3v) is 2.82. The van der Waals surface area contributed by atoms with E-state index in [9.17, 15) is 10.0 Å². The van der Waals surface area contributed by atoms with Gasteiger partial charge >= 0.3 is 7.12 Å². The van der Waals surface area contributed by atoms with Gasteiger partial charge in [-0.1, -0.05) is 16.8 Å². The maximum absolute atomic E-state index is 9.29. The van der Waals surface area contributed by atoms with Gasteiger partial charge in [0.1, 0.15) is 0 Å². The van der Waals surface area contributed by atoms with Crippen LogP contribution in [0, 0.1) is 0 Å². The van der Waals surface area contributed by atoms with Crippen molar-refractivity contribution in [1.82, 2.24) is 5.01 Å². The number of benzene rings is 1. The van der Waals surface area contributed by atoms with Crippen molar-refractivity contribution in [2.45, 2.75) is 39.8 Å². The highest BCUT2D eigenvalue weighted by molar-refractivity contribution is 6.60. The Balaban J connectivity index is 3.04. The summed E-state index contributed by atoms with van der Waals surface area (Å²) in [6.07, 6.45) is 0. The second kappa shape index (κ2) is 6.89. The van der Waals surface area contributed by atoms with Gasteiger partial charge in [-0.05, 0) is 45.9 Å². The van der Waals surface area contributed by atoms with Crippen LogP contribution in [0.1, 0.15) is 27.7 Å². The largest absolute Gasteiger partial charge is 0.490 e. The third kappa shape index (κ3) is 4.49. The van der Waals surface area contributed by atoms with Crippen LogP contribution in [0.5, 0.6) is 0 Å². The van der Waals surface area contributed by atoms with Gasteiger partial charge in [0, 0.05) is 22.6 Å². The third-order valence-electron chi connectivity index (χ3n) is 2.58. The Kier molecular flexibility index (Phi) is 5.78. The molecule has 1 aromatic rings. The molecule has 0 unspecified atom stereocenters. The van der Waals surface area contributed by atoms with Gasteiger partial charge in [0.15, 0.2) is 0 Å². The maximum Gasteiger partial charge on any atom is 0.490 e. The summed E-state index contributed by atoms with van der Waals surface area (Å²) < 4.78 is 0. The summed E-state index contributed by atoms with van der Waals surface area (Å²) >= 11 is 5.82. The molecule has 0 fully saturated rings. The van der Waals surface area contributed by atoms with Crippen molar-refractivity contribution in [2.24, 2.45) is 10.3 Å². The molecular formula is C12H19BClN3O2. The molecule has 0 atom stereocenters. The first-order valence-corrected chi connectivity index (χ1v) is 6.56. The zero-order chi connectivity index (χ0) is 14.6. The van der Waals surface area contributed by atoms with Gasteiger partial charge < -0.3 is 10.0 Å². The summed E-state index contributed by atoms with van der Waals surface area (Å²) in [6, 6.07) is 5.13. The van der Waals surface area contributed by atoms with E-state index in [4.69, 9.17) is 11.6 Å². The molecular weight excluding hydrogens is 264 g/mol. The summed E-state index contributed by atoms with van der Waals surface area (Å²) in [7, 11) is -1.63. The molecule has 0 saturated heterocycles. The van der Waals surface area contributed by atoms with Crippen LogP contribution in [-0.2, 0) is 0 Å². The summed E-state index contributed by atoms with van der Waals surface area (Å²) in [5.74, 6) is 0. The van der Waals surface area contributed by atoms with Crippen LogP contribution in [0.4, 0.5) is 5.69 Å². The predicted molar refractivity (Wildman–Crippen MR) is 77.9 cm³/mol. The van der Waals surface area contributed by atoms with Crippen molar-refractivity contribution >= 4 is 29.9 Å². The molecule has 0 saturated carbocycles. The van der Waals surface area contributed by atoms with Crippen LogP contribution < -0.4 is 5.46 Å². The predicted octanol–water partition coefficient (Wildman–Crippen LogP) is 2.14. The summed E-state index contributed by atoms with van der Waals surface area (Å²) in [4.78, 5) is 0. The molecule has 0 heterocycles. The van der Waals surface area contributed by atoms with Gasteiger partial charge in [0.05, 0.1) is 5.69 Å². The normalized spacial score (nSPS) is 11.6. The van der Waals surface area contributed by atoms with Crippen molar-refractivity contribution in [2.75, 3.05) is 0 Å². The lowest BCUT2D eigenvalue weighted by Gasteiger charge is -2.25. The van der Waals surface area contributed by atoms with Gasteiger partial charge in [-0.25, -0.2) is 0 Å². The summed E-state index contributed by atoms with van der Waals surface area (Å²) in [6.45, 7) is 8.07. The van der Waals surface area contributed by atoms with Gasteiger partial charge in [-0.2, -0.15) is 0 Å². The van der Waals surface area contributed by atoms with E-state index in [-0.39, 0.29) is 17.5 Å². The van der Waals surface area contributed by atoms with E-state index in [1.807, 2.05) is 32.7 Å².